The molecule has 0 saturated heterocycles. The summed E-state index contributed by atoms with van der Waals surface area (Å²) in [6, 6.07) is 9.66. The van der Waals surface area contributed by atoms with Crippen molar-refractivity contribution in [1.29, 1.82) is 0 Å². The minimum atomic E-state index is -0.626. The van der Waals surface area contributed by atoms with Gasteiger partial charge in [-0.15, -0.1) is 11.3 Å². The van der Waals surface area contributed by atoms with E-state index in [0.717, 1.165) is 45.0 Å². The topological polar surface area (TPSA) is 94.3 Å². The van der Waals surface area contributed by atoms with E-state index in [0.29, 0.717) is 16.8 Å². The van der Waals surface area contributed by atoms with Gasteiger partial charge in [0, 0.05) is 21.0 Å². The molecule has 0 aliphatic rings. The highest BCUT2D eigenvalue weighted by Gasteiger charge is 2.22. The molecule has 4 aromatic rings. The van der Waals surface area contributed by atoms with Crippen LogP contribution in [0, 0.1) is 20.8 Å². The number of nitrogens with one attached hydrogen (secondary N) is 1. The smallest absolute Gasteiger partial charge is 0.339 e. The van der Waals surface area contributed by atoms with Gasteiger partial charge in [-0.2, -0.15) is 0 Å². The Kier molecular flexibility index (Phi) is 6.79. The van der Waals surface area contributed by atoms with Gasteiger partial charge in [0.15, 0.2) is 6.61 Å². The van der Waals surface area contributed by atoms with Gasteiger partial charge >= 0.3 is 5.97 Å². The van der Waals surface area contributed by atoms with Crippen molar-refractivity contribution in [2.75, 3.05) is 11.9 Å². The first-order valence-electron chi connectivity index (χ1n) is 11.2. The van der Waals surface area contributed by atoms with E-state index in [1.165, 1.54) is 0 Å². The molecule has 3 aromatic heterocycles. The van der Waals surface area contributed by atoms with Crippen LogP contribution in [0.5, 0.6) is 0 Å². The second-order valence-electron chi connectivity index (χ2n) is 8.11. The third-order valence-electron chi connectivity index (χ3n) is 5.75. The highest BCUT2D eigenvalue weighted by Crippen LogP contribution is 2.33. The number of hydrogen-bond acceptors (Lipinski definition) is 7. The number of carbonyl (C=O) groups excluding carboxylic acids is 2. The summed E-state index contributed by atoms with van der Waals surface area (Å²) in [7, 11) is 0. The molecule has 1 amide bonds. The molecule has 3 heterocycles. The number of amides is 1. The van der Waals surface area contributed by atoms with Crippen molar-refractivity contribution in [2.24, 2.45) is 0 Å². The number of para-hydroxylation sites is 1. The third kappa shape index (κ3) is 4.59. The van der Waals surface area contributed by atoms with Gasteiger partial charge in [0.05, 0.1) is 22.3 Å². The average Bonchev–Trinajstić information content (AvgIpc) is 3.37. The van der Waals surface area contributed by atoms with Crippen molar-refractivity contribution in [1.82, 2.24) is 10.1 Å². The van der Waals surface area contributed by atoms with Crippen molar-refractivity contribution in [3.63, 3.8) is 0 Å². The highest BCUT2D eigenvalue weighted by molar-refractivity contribution is 7.12. The molecule has 0 fully saturated rings. The van der Waals surface area contributed by atoms with Crippen LogP contribution in [0.2, 0.25) is 0 Å². The maximum absolute atomic E-state index is 13.1. The Morgan fingerprint density at radius 3 is 2.41 bits per heavy atom. The Morgan fingerprint density at radius 1 is 1.09 bits per heavy atom. The number of thiophene rings is 1. The first-order chi connectivity index (χ1) is 16.3. The fourth-order valence-electron chi connectivity index (χ4n) is 4.07. The van der Waals surface area contributed by atoms with Crippen LogP contribution < -0.4 is 5.32 Å². The van der Waals surface area contributed by atoms with Gasteiger partial charge in [0.25, 0.3) is 11.6 Å². The van der Waals surface area contributed by atoms with Crippen LogP contribution >= 0.6 is 11.3 Å². The van der Waals surface area contributed by atoms with Crippen LogP contribution in [0.3, 0.4) is 0 Å². The van der Waals surface area contributed by atoms with Gasteiger partial charge in [-0.25, -0.2) is 9.78 Å². The number of fused-ring (bicyclic) bond motifs is 1. The molecule has 0 unspecified atom stereocenters. The summed E-state index contributed by atoms with van der Waals surface area (Å²) in [4.78, 5) is 32.5. The summed E-state index contributed by atoms with van der Waals surface area (Å²) in [5.41, 5.74) is 5.48. The molecular weight excluding hydrogens is 450 g/mol. The van der Waals surface area contributed by atoms with Gasteiger partial charge in [-0.3, -0.25) is 4.79 Å². The number of esters is 1. The molecular formula is C26H27N3O4S. The maximum Gasteiger partial charge on any atom is 0.339 e. The second kappa shape index (κ2) is 9.77. The number of ether oxygens (including phenoxy) is 1. The summed E-state index contributed by atoms with van der Waals surface area (Å²) >= 11 is 1.65. The standard InChI is InChI=1S/C26H27N3O4S/c1-6-17-9-8-10-18(7-2)24(17)28-22(30)13-32-26(31)20-12-21(19-11-14(3)34-16(19)5)27-25-23(20)15(4)29-33-25/h8-12H,6-7,13H2,1-5H3,(H,28,30). The molecule has 8 heteroatoms. The largest absolute Gasteiger partial charge is 0.452 e. The minimum Gasteiger partial charge on any atom is -0.452 e. The summed E-state index contributed by atoms with van der Waals surface area (Å²) in [6.07, 6.45) is 1.57. The Labute approximate surface area is 202 Å². The molecule has 0 radical (unpaired) electrons. The molecule has 0 saturated carbocycles. The first-order valence-corrected chi connectivity index (χ1v) is 12.1. The number of benzene rings is 1. The molecule has 0 aliphatic carbocycles. The van der Waals surface area contributed by atoms with E-state index in [-0.39, 0.29) is 17.2 Å². The summed E-state index contributed by atoms with van der Waals surface area (Å²) in [5.74, 6) is -1.01. The van der Waals surface area contributed by atoms with Crippen LogP contribution in [0.25, 0.3) is 22.4 Å². The molecule has 0 aliphatic heterocycles. The lowest BCUT2D eigenvalue weighted by Gasteiger charge is -2.14. The van der Waals surface area contributed by atoms with Gasteiger partial charge in [-0.05, 0) is 56.9 Å². The summed E-state index contributed by atoms with van der Waals surface area (Å²) in [6.45, 7) is 9.44. The Hall–Kier alpha value is -3.52. The fourth-order valence-corrected chi connectivity index (χ4v) is 5.00. The molecule has 0 atom stereocenters. The Bertz CT molecular complexity index is 1360. The number of carbonyl (C=O) groups is 2. The predicted octanol–water partition coefficient (Wildman–Crippen LogP) is 5.80. The molecule has 34 heavy (non-hydrogen) atoms. The van der Waals surface area contributed by atoms with E-state index < -0.39 is 12.6 Å². The van der Waals surface area contributed by atoms with E-state index in [1.807, 2.05) is 52.0 Å². The molecule has 7 nitrogen and oxygen atoms in total. The van der Waals surface area contributed by atoms with Crippen molar-refractivity contribution >= 4 is 40.0 Å². The van der Waals surface area contributed by atoms with E-state index in [1.54, 1.807) is 24.3 Å². The summed E-state index contributed by atoms with van der Waals surface area (Å²) < 4.78 is 10.8. The van der Waals surface area contributed by atoms with Crippen molar-refractivity contribution in [3.8, 4) is 11.3 Å². The molecule has 176 valence electrons. The van der Waals surface area contributed by atoms with Crippen molar-refractivity contribution in [2.45, 2.75) is 47.5 Å². The van der Waals surface area contributed by atoms with Crippen LogP contribution in [-0.4, -0.2) is 28.6 Å². The SMILES string of the molecule is CCc1cccc(CC)c1NC(=O)COC(=O)c1cc(-c2cc(C)sc2C)nc2onc(C)c12. The van der Waals surface area contributed by atoms with Crippen LogP contribution in [-0.2, 0) is 22.4 Å². The van der Waals surface area contributed by atoms with Crippen LogP contribution in [0.1, 0.15) is 50.8 Å². The number of nitrogens with zero attached hydrogens (tertiary/aromatic N) is 2. The lowest BCUT2D eigenvalue weighted by molar-refractivity contribution is -0.119. The molecule has 1 N–H and O–H groups in total. The lowest BCUT2D eigenvalue weighted by atomic mass is 10.0. The Balaban J connectivity index is 1.58. The zero-order valence-electron chi connectivity index (χ0n) is 19.9. The van der Waals surface area contributed by atoms with Gasteiger partial charge < -0.3 is 14.6 Å². The van der Waals surface area contributed by atoms with E-state index in [9.17, 15) is 9.59 Å². The number of aryl methyl sites for hydroxylation is 5. The minimum absolute atomic E-state index is 0.263. The van der Waals surface area contributed by atoms with Gasteiger partial charge in [0.2, 0.25) is 0 Å². The van der Waals surface area contributed by atoms with E-state index in [2.05, 4.69) is 15.5 Å². The fraction of sp³-hybridized carbons (Fsp3) is 0.308. The van der Waals surface area contributed by atoms with E-state index >= 15 is 0 Å². The number of rotatable bonds is 7. The Morgan fingerprint density at radius 2 is 1.79 bits per heavy atom. The molecule has 0 spiro atoms. The molecule has 0 bridgehead atoms. The second-order valence-corrected chi connectivity index (χ2v) is 9.57. The zero-order chi connectivity index (χ0) is 24.4. The van der Waals surface area contributed by atoms with Gasteiger partial charge in [-0.1, -0.05) is 37.2 Å². The zero-order valence-corrected chi connectivity index (χ0v) is 20.8. The highest BCUT2D eigenvalue weighted by atomic mass is 32.1. The lowest BCUT2D eigenvalue weighted by Crippen LogP contribution is -2.22. The average molecular weight is 478 g/mol. The normalized spacial score (nSPS) is 11.1. The van der Waals surface area contributed by atoms with Crippen LogP contribution in [0.4, 0.5) is 5.69 Å². The maximum atomic E-state index is 13.1. The number of hydrogen-bond donors (Lipinski definition) is 1. The first kappa shape index (κ1) is 23.6. The predicted molar refractivity (Wildman–Crippen MR) is 133 cm³/mol. The third-order valence-corrected chi connectivity index (χ3v) is 6.72. The van der Waals surface area contributed by atoms with Gasteiger partial charge in [0.1, 0.15) is 0 Å². The van der Waals surface area contributed by atoms with Crippen molar-refractivity contribution < 1.29 is 18.8 Å². The van der Waals surface area contributed by atoms with E-state index in [4.69, 9.17) is 9.26 Å². The molecule has 4 rings (SSSR count). The van der Waals surface area contributed by atoms with Crippen LogP contribution in [0.15, 0.2) is 34.9 Å². The molecule has 1 aromatic carbocycles. The number of anilines is 1. The monoisotopic (exact) mass is 477 g/mol. The number of pyridine rings is 1. The van der Waals surface area contributed by atoms with Crippen molar-refractivity contribution in [3.05, 3.63) is 62.5 Å². The number of aromatic nitrogens is 2. The quantitative estimate of drug-likeness (QED) is 0.338. The summed E-state index contributed by atoms with van der Waals surface area (Å²) in [5, 5.41) is 7.38.